The van der Waals surface area contributed by atoms with Crippen molar-refractivity contribution in [2.24, 2.45) is 11.5 Å². The number of carbonyl (C=O) groups excluding carboxylic acids is 1. The third-order valence-corrected chi connectivity index (χ3v) is 11.1. The Balaban J connectivity index is 0.000000122. The molecule has 0 saturated heterocycles. The Labute approximate surface area is 304 Å². The number of aryl methyl sites for hydroxylation is 3. The molecule has 3 aromatic rings. The number of primary amides is 1. The number of fused-ring (bicyclic) bond motifs is 9. The van der Waals surface area contributed by atoms with E-state index in [0.717, 1.165) is 94.6 Å². The van der Waals surface area contributed by atoms with Gasteiger partial charge in [-0.05, 0) is 121 Å². The zero-order valence-corrected chi connectivity index (χ0v) is 30.6. The van der Waals surface area contributed by atoms with Crippen LogP contribution in [0.25, 0.3) is 0 Å². The Morgan fingerprint density at radius 1 is 0.638 bits per heavy atom. The minimum Gasteiger partial charge on any atom is -0.493 e. The summed E-state index contributed by atoms with van der Waals surface area (Å²) < 4.78 is 16.8. The van der Waals surface area contributed by atoms with Gasteiger partial charge in [0.15, 0.2) is 0 Å². The summed E-state index contributed by atoms with van der Waals surface area (Å²) in [5.74, 6) is 4.85. The smallest absolute Gasteiger partial charge is 0.218 e. The fourth-order valence-corrected chi connectivity index (χ4v) is 9.12. The number of hydrogen-bond donors (Lipinski definition) is 3. The van der Waals surface area contributed by atoms with Gasteiger partial charge in [0.2, 0.25) is 5.91 Å². The number of ether oxygens (including phenoxy) is 3. The third kappa shape index (κ3) is 7.01. The maximum Gasteiger partial charge on any atom is 0.218 e. The average Bonchev–Trinajstić information content (AvgIpc) is 3.89. The molecule has 0 bridgehead atoms. The van der Waals surface area contributed by atoms with Crippen LogP contribution in [0, 0.1) is 0 Å². The summed E-state index contributed by atoms with van der Waals surface area (Å²) in [4.78, 5) is 11.1. The van der Waals surface area contributed by atoms with Crippen molar-refractivity contribution in [3.8, 4) is 17.2 Å². The Hall–Kier alpha value is -2.45. The number of nitrogens with two attached hydrogens (primary N) is 2. The third-order valence-electron chi connectivity index (χ3n) is 11.1. The molecular formula is C39H50N3O4Y+. The van der Waals surface area contributed by atoms with E-state index in [1.807, 2.05) is 0 Å². The number of quaternary nitrogens is 1. The van der Waals surface area contributed by atoms with E-state index in [1.165, 1.54) is 65.5 Å². The van der Waals surface area contributed by atoms with Gasteiger partial charge in [0.1, 0.15) is 17.2 Å². The quantitative estimate of drug-likeness (QED) is 0.339. The second-order valence-corrected chi connectivity index (χ2v) is 13.7. The summed E-state index contributed by atoms with van der Waals surface area (Å²) in [7, 11) is 0. The minimum absolute atomic E-state index is 0. The molecule has 8 heteroatoms. The van der Waals surface area contributed by atoms with E-state index in [4.69, 9.17) is 25.7 Å². The average molecular weight is 714 g/mol. The molecule has 1 amide bonds. The second-order valence-electron chi connectivity index (χ2n) is 13.7. The summed E-state index contributed by atoms with van der Waals surface area (Å²) in [6.45, 7) is 4.36. The van der Waals surface area contributed by atoms with Crippen molar-refractivity contribution in [3.63, 3.8) is 0 Å². The van der Waals surface area contributed by atoms with Crippen LogP contribution in [-0.2, 0) is 76.0 Å². The Kier molecular flexibility index (Phi) is 11.3. The second kappa shape index (κ2) is 15.4. The standard InChI is InChI=1S/C13H15NO2.2C13H17NO.Y/c14-12(15)7-9-2-1-8-3-4-11-10(13(8)9)5-6-16-11;2*14-7-5-10-2-1-9-3-4-12-11(13(9)10)6-8-15-12;/h3-4,9H,1-2,5-7H2,(H2,14,15);2*3-4,10H,1-2,5-8,14H2;/p+1/t9-;2*10-;/m000./s1. The van der Waals surface area contributed by atoms with Gasteiger partial charge >= 0.3 is 0 Å². The van der Waals surface area contributed by atoms with Gasteiger partial charge in [-0.1, -0.05) is 18.2 Å². The Bertz CT molecular complexity index is 1530. The molecule has 47 heavy (non-hydrogen) atoms. The maximum atomic E-state index is 11.1. The molecule has 0 spiro atoms. The van der Waals surface area contributed by atoms with Gasteiger partial charge in [-0.2, -0.15) is 0 Å². The first-order valence-corrected chi connectivity index (χ1v) is 17.7. The molecule has 3 heterocycles. The zero-order valence-electron chi connectivity index (χ0n) is 27.8. The predicted octanol–water partition coefficient (Wildman–Crippen LogP) is 4.81. The van der Waals surface area contributed by atoms with Gasteiger partial charge in [-0.25, -0.2) is 0 Å². The topological polar surface area (TPSA) is 124 Å². The van der Waals surface area contributed by atoms with E-state index in [2.05, 4.69) is 42.1 Å². The van der Waals surface area contributed by atoms with Crippen LogP contribution < -0.4 is 31.4 Å². The van der Waals surface area contributed by atoms with E-state index in [-0.39, 0.29) is 38.6 Å². The van der Waals surface area contributed by atoms with Gasteiger partial charge in [-0.3, -0.25) is 4.79 Å². The van der Waals surface area contributed by atoms with Crippen molar-refractivity contribution < 1.29 is 57.4 Å². The Morgan fingerprint density at radius 2 is 1.04 bits per heavy atom. The van der Waals surface area contributed by atoms with Crippen LogP contribution in [0.3, 0.4) is 0 Å². The van der Waals surface area contributed by atoms with E-state index in [9.17, 15) is 4.79 Å². The molecule has 3 aromatic carbocycles. The van der Waals surface area contributed by atoms with Crippen molar-refractivity contribution in [2.75, 3.05) is 32.9 Å². The normalized spacial score (nSPS) is 21.5. The molecule has 6 aliphatic rings. The number of amides is 1. The molecule has 7 N–H and O–H groups in total. The molecule has 0 fully saturated rings. The minimum atomic E-state index is -0.200. The van der Waals surface area contributed by atoms with E-state index in [0.29, 0.717) is 18.3 Å². The summed E-state index contributed by atoms with van der Waals surface area (Å²) in [5.41, 5.74) is 28.3. The van der Waals surface area contributed by atoms with Crippen molar-refractivity contribution in [2.45, 2.75) is 94.8 Å². The van der Waals surface area contributed by atoms with Gasteiger partial charge in [0, 0.05) is 81.5 Å². The van der Waals surface area contributed by atoms with Crippen molar-refractivity contribution in [1.29, 1.82) is 0 Å². The summed E-state index contributed by atoms with van der Waals surface area (Å²) in [5, 5.41) is 0. The van der Waals surface area contributed by atoms with Gasteiger partial charge < -0.3 is 31.4 Å². The molecular weight excluding hydrogens is 663 g/mol. The van der Waals surface area contributed by atoms with Crippen LogP contribution in [0.15, 0.2) is 36.4 Å². The van der Waals surface area contributed by atoms with Gasteiger partial charge in [-0.15, -0.1) is 0 Å². The molecule has 3 aliphatic heterocycles. The first-order valence-electron chi connectivity index (χ1n) is 17.7. The molecule has 7 nitrogen and oxygen atoms in total. The molecule has 0 aromatic heterocycles. The van der Waals surface area contributed by atoms with Crippen molar-refractivity contribution in [1.82, 2.24) is 0 Å². The van der Waals surface area contributed by atoms with Crippen LogP contribution in [0.4, 0.5) is 0 Å². The SMILES string of the molecule is NC(=O)C[C@@H]1CCc2ccc3c(c21)CCO3.NCC[C@@H]1CCc2ccc3c(c21)CCO3.[NH3+]CC[C@@H]1CCc2ccc3c(c21)CCO3.[Y]. The summed E-state index contributed by atoms with van der Waals surface area (Å²) in [6.07, 6.45) is 13.2. The fourth-order valence-electron chi connectivity index (χ4n) is 9.12. The molecule has 0 unspecified atom stereocenters. The molecule has 3 aliphatic carbocycles. The maximum absolute atomic E-state index is 11.1. The Morgan fingerprint density at radius 3 is 1.45 bits per heavy atom. The summed E-state index contributed by atoms with van der Waals surface area (Å²) >= 11 is 0. The van der Waals surface area contributed by atoms with E-state index >= 15 is 0 Å². The summed E-state index contributed by atoms with van der Waals surface area (Å²) in [6, 6.07) is 13.0. The first kappa shape index (κ1) is 34.4. The number of carbonyl (C=O) groups is 1. The van der Waals surface area contributed by atoms with Crippen LogP contribution in [-0.4, -0.2) is 38.8 Å². The van der Waals surface area contributed by atoms with Crippen LogP contribution in [0.1, 0.15) is 106 Å². The van der Waals surface area contributed by atoms with Crippen molar-refractivity contribution in [3.05, 3.63) is 86.5 Å². The molecule has 247 valence electrons. The zero-order chi connectivity index (χ0) is 31.6. The number of rotatable bonds is 6. The van der Waals surface area contributed by atoms with Crippen LogP contribution in [0.2, 0.25) is 0 Å². The van der Waals surface area contributed by atoms with Crippen LogP contribution in [0.5, 0.6) is 17.2 Å². The van der Waals surface area contributed by atoms with Gasteiger partial charge in [0.05, 0.1) is 26.4 Å². The first-order chi connectivity index (χ1) is 22.6. The van der Waals surface area contributed by atoms with Crippen LogP contribution >= 0.6 is 0 Å². The molecule has 1 radical (unpaired) electrons. The monoisotopic (exact) mass is 713 g/mol. The largest absolute Gasteiger partial charge is 0.493 e. The van der Waals surface area contributed by atoms with E-state index < -0.39 is 0 Å². The van der Waals surface area contributed by atoms with E-state index in [1.54, 1.807) is 16.7 Å². The molecule has 0 saturated carbocycles. The van der Waals surface area contributed by atoms with Crippen molar-refractivity contribution >= 4 is 5.91 Å². The number of benzene rings is 3. The van der Waals surface area contributed by atoms with Gasteiger partial charge in [0.25, 0.3) is 0 Å². The fraction of sp³-hybridized carbons (Fsp3) is 0.513. The predicted molar refractivity (Wildman–Crippen MR) is 180 cm³/mol. The molecule has 3 atom stereocenters. The number of hydrogen-bond acceptors (Lipinski definition) is 5. The molecule has 9 rings (SSSR count).